The van der Waals surface area contributed by atoms with Gasteiger partial charge in [-0.1, -0.05) is 6.07 Å². The molecule has 4 bridgehead atoms. The second-order valence-corrected chi connectivity index (χ2v) is 18.3. The average Bonchev–Trinajstić information content (AvgIpc) is 4.05. The molecule has 70 heavy (non-hydrogen) atoms. The molecule has 4 amide bonds. The van der Waals surface area contributed by atoms with Crippen LogP contribution < -0.4 is 9.80 Å². The summed E-state index contributed by atoms with van der Waals surface area (Å²) in [6, 6.07) is 6.82. The number of carbonyl (C=O) groups is 6. The van der Waals surface area contributed by atoms with Gasteiger partial charge in [0.05, 0.1) is 119 Å². The summed E-state index contributed by atoms with van der Waals surface area (Å²) in [7, 11) is 2.98. The first-order chi connectivity index (χ1) is 32.8. The maximum Gasteiger partial charge on any atom is 0.417 e. The lowest BCUT2D eigenvalue weighted by Gasteiger charge is -2.33. The molecule has 24 heteroatoms. The Morgan fingerprint density at radius 3 is 1.47 bits per heavy atom. The second-order valence-electron chi connectivity index (χ2n) is 18.3. The van der Waals surface area contributed by atoms with Gasteiger partial charge >= 0.3 is 24.3 Å². The van der Waals surface area contributed by atoms with Crippen LogP contribution in [0.4, 0.5) is 43.4 Å². The molecule has 6 heterocycles. The van der Waals surface area contributed by atoms with E-state index in [0.717, 1.165) is 24.3 Å². The summed E-state index contributed by atoms with van der Waals surface area (Å²) in [5.74, 6) is -10.2. The Morgan fingerprint density at radius 2 is 1.09 bits per heavy atom. The normalized spacial score (nSPS) is 31.6. The fraction of sp³-hybridized carbons (Fsp3) is 0.565. The Balaban J connectivity index is 0.000000206. The number of halogens is 6. The quantitative estimate of drug-likeness (QED) is 0.0571. The smallest absolute Gasteiger partial charge is 0.417 e. The van der Waals surface area contributed by atoms with Crippen LogP contribution in [-0.2, 0) is 79.0 Å². The van der Waals surface area contributed by atoms with Crippen LogP contribution in [0.2, 0.25) is 0 Å². The summed E-state index contributed by atoms with van der Waals surface area (Å²) < 4.78 is 123. The minimum atomic E-state index is -4.86. The maximum atomic E-state index is 13.5. The van der Waals surface area contributed by atoms with Crippen molar-refractivity contribution in [3.8, 4) is 6.07 Å². The molecule has 376 valence electrons. The zero-order chi connectivity index (χ0) is 51.5. The van der Waals surface area contributed by atoms with Gasteiger partial charge in [0.2, 0.25) is 23.6 Å². The van der Waals surface area contributed by atoms with Gasteiger partial charge in [0.15, 0.2) is 19.3 Å². The lowest BCUT2D eigenvalue weighted by molar-refractivity contribution is -0.170. The van der Waals surface area contributed by atoms with Crippen molar-refractivity contribution >= 4 is 52.6 Å². The molecule has 8 rings (SSSR count). The van der Waals surface area contributed by atoms with E-state index < -0.39 is 128 Å². The number of benzene rings is 2. The molecule has 18 nitrogen and oxygen atoms in total. The van der Waals surface area contributed by atoms with E-state index in [9.17, 15) is 55.1 Å². The number of ether oxygens (including phenoxy) is 8. The molecule has 6 aliphatic heterocycles. The monoisotopic (exact) mass is 992 g/mol. The predicted molar refractivity (Wildman–Crippen MR) is 222 cm³/mol. The number of hydrogen-bond acceptors (Lipinski definition) is 15. The number of methoxy groups -OCH3 is 2. The molecule has 6 saturated heterocycles. The van der Waals surface area contributed by atoms with Crippen LogP contribution in [0.15, 0.2) is 36.4 Å². The minimum Gasteiger partial charge on any atom is -0.438 e. The van der Waals surface area contributed by atoms with Gasteiger partial charge in [-0.3, -0.25) is 28.8 Å². The summed E-state index contributed by atoms with van der Waals surface area (Å²) in [5, 5.41) is 9.03. The van der Waals surface area contributed by atoms with Gasteiger partial charge in [0.25, 0.3) is 0 Å². The number of hydrogen-bond donors (Lipinski definition) is 0. The molecule has 10 atom stereocenters. The van der Waals surface area contributed by atoms with Crippen molar-refractivity contribution in [3.05, 3.63) is 64.5 Å². The summed E-state index contributed by atoms with van der Waals surface area (Å²) in [5.41, 5.74) is -9.51. The molecule has 0 aromatic heterocycles. The van der Waals surface area contributed by atoms with Crippen LogP contribution in [0.1, 0.15) is 57.2 Å². The number of rotatable bonds is 14. The van der Waals surface area contributed by atoms with Crippen LogP contribution in [0.3, 0.4) is 0 Å². The molecule has 6 aliphatic rings. The molecule has 2 aromatic carbocycles. The van der Waals surface area contributed by atoms with E-state index in [0.29, 0.717) is 35.1 Å². The minimum absolute atomic E-state index is 0.0929. The van der Waals surface area contributed by atoms with E-state index in [1.54, 1.807) is 20.8 Å². The van der Waals surface area contributed by atoms with Gasteiger partial charge < -0.3 is 37.9 Å². The summed E-state index contributed by atoms with van der Waals surface area (Å²) >= 11 is 0. The number of amides is 4. The third-order valence-electron chi connectivity index (χ3n) is 14.0. The largest absolute Gasteiger partial charge is 0.438 e. The number of nitriles is 1. The van der Waals surface area contributed by atoms with Gasteiger partial charge in [0, 0.05) is 19.9 Å². The van der Waals surface area contributed by atoms with E-state index >= 15 is 0 Å². The maximum absolute atomic E-state index is 13.5. The molecule has 0 saturated carbocycles. The van der Waals surface area contributed by atoms with Gasteiger partial charge in [-0.2, -0.15) is 31.6 Å². The van der Waals surface area contributed by atoms with Crippen molar-refractivity contribution in [3.63, 3.8) is 0 Å². The van der Waals surface area contributed by atoms with Crippen molar-refractivity contribution in [2.24, 2.45) is 35.5 Å². The first-order valence-corrected chi connectivity index (χ1v) is 21.6. The van der Waals surface area contributed by atoms with Crippen molar-refractivity contribution in [1.29, 1.82) is 5.26 Å². The van der Waals surface area contributed by atoms with Crippen LogP contribution >= 0.6 is 0 Å². The first kappa shape index (κ1) is 51.8. The van der Waals surface area contributed by atoms with E-state index in [-0.39, 0.29) is 51.0 Å². The second kappa shape index (κ2) is 18.6. The van der Waals surface area contributed by atoms with Crippen molar-refractivity contribution in [1.82, 2.24) is 0 Å². The number of fused-ring (bicyclic) bond motifs is 10. The topological polar surface area (TPSA) is 211 Å². The Bertz CT molecular complexity index is 2410. The Morgan fingerprint density at radius 1 is 0.686 bits per heavy atom. The van der Waals surface area contributed by atoms with Gasteiger partial charge in [0.1, 0.15) is 0 Å². The number of alkyl halides is 6. The lowest BCUT2D eigenvalue weighted by Crippen LogP contribution is -2.49. The highest BCUT2D eigenvalue weighted by atomic mass is 19.4. The molecule has 2 aromatic rings. The summed E-state index contributed by atoms with van der Waals surface area (Å²) in [6.45, 7) is 13.6. The Hall–Kier alpha value is -6.02. The molecular formula is C46H46F6N4O14. The number of anilines is 2. The van der Waals surface area contributed by atoms with Gasteiger partial charge in [-0.05, 0) is 70.9 Å². The third-order valence-corrected chi connectivity index (χ3v) is 14.0. The van der Waals surface area contributed by atoms with Crippen molar-refractivity contribution < 1.29 is 93.0 Å². The molecule has 0 N–H and O–H groups in total. The number of imide groups is 2. The first-order valence-electron chi connectivity index (χ1n) is 21.6. The third kappa shape index (κ3) is 8.57. The number of nitrogens with zero attached hydrogens (tertiary/aromatic N) is 4. The molecule has 6 fully saturated rings. The molecular weight excluding hydrogens is 947 g/mol. The highest BCUT2D eigenvalue weighted by molar-refractivity contribution is 6.24. The fourth-order valence-electron chi connectivity index (χ4n) is 11.0. The predicted octanol–water partition coefficient (Wildman–Crippen LogP) is 5.51. The van der Waals surface area contributed by atoms with Gasteiger partial charge in [-0.25, -0.2) is 14.6 Å². The highest BCUT2D eigenvalue weighted by Gasteiger charge is 2.78. The fourth-order valence-corrected chi connectivity index (χ4v) is 11.0. The summed E-state index contributed by atoms with van der Waals surface area (Å²) in [6.07, 6.45) is -9.52. The zero-order valence-electron chi connectivity index (χ0n) is 38.4. The Kier molecular flexibility index (Phi) is 13.8. The van der Waals surface area contributed by atoms with Gasteiger partial charge in [-0.15, -0.1) is 0 Å². The molecule has 0 aliphatic carbocycles. The van der Waals surface area contributed by atoms with E-state index in [2.05, 4.69) is 4.85 Å². The average molecular weight is 993 g/mol. The molecule has 4 unspecified atom stereocenters. The van der Waals surface area contributed by atoms with Crippen LogP contribution in [0.25, 0.3) is 4.85 Å². The number of esters is 2. The van der Waals surface area contributed by atoms with Crippen LogP contribution in [0.5, 0.6) is 0 Å². The van der Waals surface area contributed by atoms with Crippen LogP contribution in [-0.4, -0.2) is 112 Å². The van der Waals surface area contributed by atoms with E-state index in [1.165, 1.54) is 27.2 Å². The molecule has 0 radical (unpaired) electrons. The molecule has 0 spiro atoms. The standard InChI is InChI=1S/2C23H23F3N2O7/c1-21-10-14(20(31)34-11-33-8-7-32-4)22(2,35-21)17-16(21)18(29)28(19(17)30)12-5-6-15(27-3)13(9-12)23(24,25)26;1-21-9-15(20(31)34-11-33-7-6-32-3)22(2,35-21)17-16(21)18(29)28(19(17)30)13-5-4-12(10-27)14(8-13)23(24,25)26/h5-6,9,14,16-17H,7-8,10-11H2,1-2,4H3;4-5,8,15-17H,6-7,9,11H2,1-3H3/t14-,16+,17-,21?,22?;15-,16+,17-,21?,22?/m10/s1. The lowest BCUT2D eigenvalue weighted by atomic mass is 9.64. The van der Waals surface area contributed by atoms with E-state index in [1.807, 2.05) is 0 Å². The van der Waals surface area contributed by atoms with Crippen molar-refractivity contribution in [2.45, 2.75) is 75.3 Å². The zero-order valence-corrected chi connectivity index (χ0v) is 38.4. The van der Waals surface area contributed by atoms with Crippen molar-refractivity contribution in [2.75, 3.05) is 64.0 Å². The SMILES string of the molecule is COCCOCOC(=O)[C@@H]1CC2(C)OC1(C)[C@@H]1C(=O)N(c3ccc(C#N)c(C(F)(F)F)c3)C(=O)[C@@H]12.[C-]#[N+]c1ccc(N2C(=O)[C@@H]3[C@H](C2=O)C2(C)OC3(C)C[C@@H]2C(=O)OCOCCOC)cc1C(F)(F)F. The van der Waals surface area contributed by atoms with Crippen LogP contribution in [0, 0.1) is 53.4 Å². The number of carbonyl (C=O) groups excluding carboxylic acids is 6. The highest BCUT2D eigenvalue weighted by Crippen LogP contribution is 2.65. The van der Waals surface area contributed by atoms with E-state index in [4.69, 9.17) is 49.7 Å². The Labute approximate surface area is 395 Å². The summed E-state index contributed by atoms with van der Waals surface area (Å²) in [4.78, 5) is 83.4.